The first-order chi connectivity index (χ1) is 14.5. The predicted octanol–water partition coefficient (Wildman–Crippen LogP) is 5.07. The lowest BCUT2D eigenvalue weighted by molar-refractivity contribution is -0.145. The third-order valence-corrected chi connectivity index (χ3v) is 3.33. The normalized spacial score (nSPS) is 9.84. The first kappa shape index (κ1) is 29.8. The molecule has 0 aliphatic carbocycles. The largest absolute Gasteiger partial charge is 0.466 e. The molecule has 0 radical (unpaired) electrons. The maximum Gasteiger partial charge on any atom is 0.333 e. The highest BCUT2D eigenvalue weighted by Crippen LogP contribution is 2.03. The Morgan fingerprint density at radius 3 is 1.71 bits per heavy atom. The lowest BCUT2D eigenvalue weighted by atomic mass is 10.2. The van der Waals surface area contributed by atoms with Crippen molar-refractivity contribution in [1.29, 1.82) is 0 Å². The summed E-state index contributed by atoms with van der Waals surface area (Å²) in [5, 5.41) is 0. The average Bonchev–Trinajstić information content (AvgIpc) is 2.74. The lowest BCUT2D eigenvalue weighted by Crippen LogP contribution is -2.18. The van der Waals surface area contributed by atoms with Gasteiger partial charge >= 0.3 is 17.9 Å². The molecule has 0 aliphatic heterocycles. The molecule has 1 aromatic carbocycles. The number of carbonyl (C=O) groups is 3. The molecule has 0 aliphatic rings. The van der Waals surface area contributed by atoms with Gasteiger partial charge in [-0.2, -0.15) is 0 Å². The van der Waals surface area contributed by atoms with Crippen LogP contribution in [-0.4, -0.2) is 37.7 Å². The first-order valence-electron chi connectivity index (χ1n) is 9.56. The second-order valence-electron chi connectivity index (χ2n) is 6.59. The molecule has 1 aromatic rings. The molecule has 0 saturated carbocycles. The van der Waals surface area contributed by atoms with Gasteiger partial charge in [0.25, 0.3) is 0 Å². The van der Waals surface area contributed by atoms with E-state index >= 15 is 0 Å². The van der Waals surface area contributed by atoms with Gasteiger partial charge < -0.3 is 14.2 Å². The molecule has 6 nitrogen and oxygen atoms in total. The number of esters is 3. The summed E-state index contributed by atoms with van der Waals surface area (Å²) >= 11 is 0. The Bertz CT molecular complexity index is 761. The van der Waals surface area contributed by atoms with E-state index in [2.05, 4.69) is 31.1 Å². The minimum absolute atomic E-state index is 0.205. The maximum absolute atomic E-state index is 11.1. The molecule has 1 atom stereocenters. The molecule has 0 N–H and O–H groups in total. The summed E-state index contributed by atoms with van der Waals surface area (Å²) in [6, 6.07) is 10.0. The van der Waals surface area contributed by atoms with Crippen LogP contribution < -0.4 is 0 Å². The number of carbonyl (C=O) groups excluding carboxylic acids is 3. The van der Waals surface area contributed by atoms with Gasteiger partial charge in [-0.25, -0.2) is 14.4 Å². The highest BCUT2D eigenvalue weighted by atomic mass is 16.6. The number of rotatable bonds is 8. The van der Waals surface area contributed by atoms with Crippen molar-refractivity contribution in [2.45, 2.75) is 40.2 Å². The van der Waals surface area contributed by atoms with Crippen LogP contribution in [0.4, 0.5) is 0 Å². The number of methoxy groups -OCH3 is 1. The summed E-state index contributed by atoms with van der Waals surface area (Å²) in [5.74, 6) is -1.21. The molecule has 0 spiro atoms. The molecule has 6 heteroatoms. The second kappa shape index (κ2) is 17.4. The molecular weight excluding hydrogens is 396 g/mol. The molecule has 0 amide bonds. The minimum atomic E-state index is -0.432. The number of benzene rings is 1. The van der Waals surface area contributed by atoms with Crippen molar-refractivity contribution < 1.29 is 28.6 Å². The van der Waals surface area contributed by atoms with Crippen LogP contribution in [0.3, 0.4) is 0 Å². The fourth-order valence-electron chi connectivity index (χ4n) is 1.55. The van der Waals surface area contributed by atoms with Crippen LogP contribution in [0.1, 0.15) is 39.7 Å². The molecule has 1 rings (SSSR count). The van der Waals surface area contributed by atoms with Crippen molar-refractivity contribution in [2.24, 2.45) is 0 Å². The zero-order valence-corrected chi connectivity index (χ0v) is 19.2. The van der Waals surface area contributed by atoms with Crippen LogP contribution in [0.15, 0.2) is 73.4 Å². The van der Waals surface area contributed by atoms with Crippen LogP contribution in [0, 0.1) is 0 Å². The summed E-state index contributed by atoms with van der Waals surface area (Å²) in [6.07, 6.45) is 1.99. The van der Waals surface area contributed by atoms with E-state index in [1.54, 1.807) is 27.7 Å². The van der Waals surface area contributed by atoms with E-state index in [1.807, 2.05) is 36.4 Å². The molecule has 0 saturated heterocycles. The zero-order valence-electron chi connectivity index (χ0n) is 19.2. The molecule has 1 unspecified atom stereocenters. The van der Waals surface area contributed by atoms with Gasteiger partial charge in [-0.15, -0.1) is 0 Å². The van der Waals surface area contributed by atoms with E-state index in [9.17, 15) is 14.4 Å². The van der Waals surface area contributed by atoms with Crippen molar-refractivity contribution in [3.05, 3.63) is 78.9 Å². The van der Waals surface area contributed by atoms with E-state index in [-0.39, 0.29) is 18.7 Å². The average molecular weight is 431 g/mol. The summed E-state index contributed by atoms with van der Waals surface area (Å²) < 4.78 is 14.1. The van der Waals surface area contributed by atoms with Crippen LogP contribution in [0.25, 0.3) is 6.08 Å². The SMILES string of the molecule is C=C(C)C(=O)OC.C=C(C)C(=O)OCCC(C)OC(=O)C(=C)C.C=Cc1ccccc1. The third-order valence-electron chi connectivity index (χ3n) is 3.33. The lowest BCUT2D eigenvalue weighted by Gasteiger charge is -2.13. The second-order valence-corrected chi connectivity index (χ2v) is 6.59. The number of ether oxygens (including phenoxy) is 3. The van der Waals surface area contributed by atoms with Gasteiger partial charge in [0.1, 0.15) is 6.10 Å². The fourth-order valence-corrected chi connectivity index (χ4v) is 1.55. The van der Waals surface area contributed by atoms with Gasteiger partial charge in [-0.05, 0) is 33.3 Å². The molecule has 0 fully saturated rings. The van der Waals surface area contributed by atoms with Gasteiger partial charge in [0, 0.05) is 23.1 Å². The summed E-state index contributed by atoms with van der Waals surface area (Å²) in [4.78, 5) is 32.3. The smallest absolute Gasteiger partial charge is 0.333 e. The van der Waals surface area contributed by atoms with E-state index in [1.165, 1.54) is 12.7 Å². The van der Waals surface area contributed by atoms with E-state index < -0.39 is 11.9 Å². The Kier molecular flexibility index (Phi) is 16.8. The molecule has 31 heavy (non-hydrogen) atoms. The van der Waals surface area contributed by atoms with Gasteiger partial charge in [-0.3, -0.25) is 0 Å². The Morgan fingerprint density at radius 2 is 1.39 bits per heavy atom. The standard InChI is InChI=1S/C12H18O4.C8H8.C5H8O2/c1-8(2)11(13)15-7-6-10(5)16-12(14)9(3)4;1-2-8-6-4-3-5-7-8;1-4(2)5(6)7-3/h10H,1,3,6-7H2,2,4-5H3;2-7H,1H2;1H2,2-3H3. The summed E-state index contributed by atoms with van der Waals surface area (Å²) in [7, 11) is 1.33. The van der Waals surface area contributed by atoms with E-state index in [0.29, 0.717) is 23.1 Å². The van der Waals surface area contributed by atoms with Crippen LogP contribution in [0.5, 0.6) is 0 Å². The molecule has 170 valence electrons. The van der Waals surface area contributed by atoms with Gasteiger partial charge in [-0.1, -0.05) is 62.7 Å². The van der Waals surface area contributed by atoms with Gasteiger partial charge in [0.15, 0.2) is 0 Å². The van der Waals surface area contributed by atoms with E-state index in [0.717, 1.165) is 0 Å². The van der Waals surface area contributed by atoms with Gasteiger partial charge in [0.2, 0.25) is 0 Å². The fraction of sp³-hybridized carbons (Fsp3) is 0.320. The summed E-state index contributed by atoms with van der Waals surface area (Å²) in [5.41, 5.74) is 2.31. The monoisotopic (exact) mass is 430 g/mol. The van der Waals surface area contributed by atoms with Crippen molar-refractivity contribution in [1.82, 2.24) is 0 Å². The minimum Gasteiger partial charge on any atom is -0.466 e. The first-order valence-corrected chi connectivity index (χ1v) is 9.56. The molecule has 0 heterocycles. The quantitative estimate of drug-likeness (QED) is 0.325. The topological polar surface area (TPSA) is 78.9 Å². The Hall–Kier alpha value is -3.41. The van der Waals surface area contributed by atoms with Crippen LogP contribution >= 0.6 is 0 Å². The van der Waals surface area contributed by atoms with Crippen molar-refractivity contribution in [2.75, 3.05) is 13.7 Å². The highest BCUT2D eigenvalue weighted by Gasteiger charge is 2.11. The van der Waals surface area contributed by atoms with Crippen molar-refractivity contribution >= 4 is 24.0 Å². The number of hydrogen-bond acceptors (Lipinski definition) is 6. The highest BCUT2D eigenvalue weighted by molar-refractivity contribution is 5.87. The molecule has 0 bridgehead atoms. The Labute approximate surface area is 185 Å². The van der Waals surface area contributed by atoms with Crippen LogP contribution in [-0.2, 0) is 28.6 Å². The summed E-state index contributed by atoms with van der Waals surface area (Å²) in [6.45, 7) is 20.6. The maximum atomic E-state index is 11.1. The van der Waals surface area contributed by atoms with Crippen LogP contribution in [0.2, 0.25) is 0 Å². The zero-order chi connectivity index (χ0) is 24.4. The molecule has 0 aromatic heterocycles. The van der Waals surface area contributed by atoms with Crippen molar-refractivity contribution in [3.63, 3.8) is 0 Å². The predicted molar refractivity (Wildman–Crippen MR) is 124 cm³/mol. The van der Waals surface area contributed by atoms with Crippen molar-refractivity contribution in [3.8, 4) is 0 Å². The van der Waals surface area contributed by atoms with E-state index in [4.69, 9.17) is 9.47 Å². The third kappa shape index (κ3) is 17.2. The Balaban J connectivity index is 0. The number of hydrogen-bond donors (Lipinski definition) is 0. The van der Waals surface area contributed by atoms with Gasteiger partial charge in [0.05, 0.1) is 13.7 Å². The molecular formula is C25H34O6. The Morgan fingerprint density at radius 1 is 0.903 bits per heavy atom.